The van der Waals surface area contributed by atoms with Crippen LogP contribution in [0.1, 0.15) is 51.8 Å². The number of nitrogens with two attached hydrogens (primary N) is 1. The lowest BCUT2D eigenvalue weighted by Gasteiger charge is -2.17. The van der Waals surface area contributed by atoms with Crippen molar-refractivity contribution >= 4 is 12.4 Å². The molecule has 0 amide bonds. The van der Waals surface area contributed by atoms with E-state index in [4.69, 9.17) is 15.0 Å². The van der Waals surface area contributed by atoms with E-state index in [1.807, 2.05) is 24.3 Å². The van der Waals surface area contributed by atoms with Crippen LogP contribution >= 0.6 is 12.4 Å². The second kappa shape index (κ2) is 7.32. The number of aromatic nitrogens is 2. The van der Waals surface area contributed by atoms with E-state index in [0.29, 0.717) is 11.7 Å². The van der Waals surface area contributed by atoms with Crippen LogP contribution in [0.2, 0.25) is 0 Å². The largest absolute Gasteiger partial charge is 0.491 e. The molecule has 0 aliphatic heterocycles. The van der Waals surface area contributed by atoms with Crippen molar-refractivity contribution < 1.29 is 9.26 Å². The number of nitrogens with zero attached hydrogens (tertiary/aromatic N) is 2. The molecule has 1 atom stereocenters. The van der Waals surface area contributed by atoms with E-state index in [1.54, 1.807) is 0 Å². The molecule has 1 fully saturated rings. The third kappa shape index (κ3) is 3.85. The Labute approximate surface area is 143 Å². The molecule has 1 aliphatic rings. The topological polar surface area (TPSA) is 74.2 Å². The van der Waals surface area contributed by atoms with Crippen LogP contribution < -0.4 is 10.5 Å². The summed E-state index contributed by atoms with van der Waals surface area (Å²) in [5.41, 5.74) is 6.83. The Hall–Kier alpha value is -1.59. The Kier molecular flexibility index (Phi) is 5.65. The summed E-state index contributed by atoms with van der Waals surface area (Å²) >= 11 is 0. The Bertz CT molecular complexity index is 621. The van der Waals surface area contributed by atoms with E-state index in [1.165, 1.54) is 0 Å². The summed E-state index contributed by atoms with van der Waals surface area (Å²) in [5.74, 6) is 1.99. The monoisotopic (exact) mass is 337 g/mol. The average Bonchev–Trinajstić information content (AvgIpc) is 3.18. The van der Waals surface area contributed by atoms with Gasteiger partial charge in [0.25, 0.3) is 5.89 Å². The van der Waals surface area contributed by atoms with Gasteiger partial charge in [0.1, 0.15) is 5.75 Å². The van der Waals surface area contributed by atoms with Gasteiger partial charge < -0.3 is 15.0 Å². The zero-order valence-corrected chi connectivity index (χ0v) is 14.4. The SMILES string of the molecule is CCC(C)Oc1ccc(-c2nc(C3(N)CCCC3)no2)cc1.Cl. The highest BCUT2D eigenvalue weighted by Gasteiger charge is 2.36. The Balaban J connectivity index is 0.00000192. The lowest BCUT2D eigenvalue weighted by molar-refractivity contribution is 0.217. The first kappa shape index (κ1) is 17.8. The van der Waals surface area contributed by atoms with E-state index >= 15 is 0 Å². The van der Waals surface area contributed by atoms with Gasteiger partial charge in [0, 0.05) is 5.56 Å². The number of hydrogen-bond donors (Lipinski definition) is 1. The molecule has 1 unspecified atom stereocenters. The summed E-state index contributed by atoms with van der Waals surface area (Å²) in [6, 6.07) is 7.73. The molecule has 0 spiro atoms. The number of rotatable bonds is 5. The van der Waals surface area contributed by atoms with Gasteiger partial charge in [-0.1, -0.05) is 24.9 Å². The summed E-state index contributed by atoms with van der Waals surface area (Å²) in [6.45, 7) is 4.16. The van der Waals surface area contributed by atoms with E-state index in [2.05, 4.69) is 24.0 Å². The van der Waals surface area contributed by atoms with Crippen LogP contribution in [0.4, 0.5) is 0 Å². The molecule has 1 saturated carbocycles. The average molecular weight is 338 g/mol. The highest BCUT2D eigenvalue weighted by atomic mass is 35.5. The molecule has 2 N–H and O–H groups in total. The third-order valence-electron chi connectivity index (χ3n) is 4.38. The van der Waals surface area contributed by atoms with Gasteiger partial charge in [0.2, 0.25) is 0 Å². The first-order valence-electron chi connectivity index (χ1n) is 8.01. The molecule has 0 saturated heterocycles. The van der Waals surface area contributed by atoms with Gasteiger partial charge in [-0.25, -0.2) is 0 Å². The summed E-state index contributed by atoms with van der Waals surface area (Å²) in [6.07, 6.45) is 5.29. The zero-order valence-electron chi connectivity index (χ0n) is 13.6. The highest BCUT2D eigenvalue weighted by molar-refractivity contribution is 5.85. The molecule has 3 rings (SSSR count). The highest BCUT2D eigenvalue weighted by Crippen LogP contribution is 2.35. The van der Waals surface area contributed by atoms with Crippen LogP contribution in [0, 0.1) is 0 Å². The fourth-order valence-electron chi connectivity index (χ4n) is 2.76. The van der Waals surface area contributed by atoms with Gasteiger partial charge in [-0.15, -0.1) is 12.4 Å². The van der Waals surface area contributed by atoms with E-state index in [-0.39, 0.29) is 18.5 Å². The lowest BCUT2D eigenvalue weighted by atomic mass is 9.99. The van der Waals surface area contributed by atoms with Crippen LogP contribution in [0.15, 0.2) is 28.8 Å². The van der Waals surface area contributed by atoms with Crippen LogP contribution in [0.5, 0.6) is 5.75 Å². The quantitative estimate of drug-likeness (QED) is 0.890. The van der Waals surface area contributed by atoms with Crippen LogP contribution in [-0.4, -0.2) is 16.2 Å². The van der Waals surface area contributed by atoms with Crippen LogP contribution in [0.25, 0.3) is 11.5 Å². The first-order valence-corrected chi connectivity index (χ1v) is 8.01. The Morgan fingerprint density at radius 2 is 1.91 bits per heavy atom. The second-order valence-electron chi connectivity index (χ2n) is 6.15. The minimum atomic E-state index is -0.415. The Morgan fingerprint density at radius 1 is 1.26 bits per heavy atom. The van der Waals surface area contributed by atoms with Crippen molar-refractivity contribution in [2.75, 3.05) is 0 Å². The molecule has 1 aliphatic carbocycles. The smallest absolute Gasteiger partial charge is 0.257 e. The van der Waals surface area contributed by atoms with E-state index < -0.39 is 5.54 Å². The predicted molar refractivity (Wildman–Crippen MR) is 91.7 cm³/mol. The van der Waals surface area contributed by atoms with Crippen LogP contribution in [-0.2, 0) is 5.54 Å². The molecule has 23 heavy (non-hydrogen) atoms. The molecule has 1 aromatic carbocycles. The van der Waals surface area contributed by atoms with E-state index in [0.717, 1.165) is 43.4 Å². The van der Waals surface area contributed by atoms with Crippen molar-refractivity contribution in [2.45, 2.75) is 57.6 Å². The molecule has 1 heterocycles. The van der Waals surface area contributed by atoms with Gasteiger partial charge >= 0.3 is 0 Å². The molecule has 1 aromatic heterocycles. The lowest BCUT2D eigenvalue weighted by Crippen LogP contribution is -2.34. The maximum Gasteiger partial charge on any atom is 0.257 e. The number of ether oxygens (including phenoxy) is 1. The first-order chi connectivity index (χ1) is 10.6. The van der Waals surface area contributed by atoms with Gasteiger partial charge in [0.05, 0.1) is 11.6 Å². The maximum atomic E-state index is 6.36. The zero-order chi connectivity index (χ0) is 15.6. The third-order valence-corrected chi connectivity index (χ3v) is 4.38. The number of benzene rings is 1. The molecule has 0 bridgehead atoms. The van der Waals surface area contributed by atoms with Crippen molar-refractivity contribution in [2.24, 2.45) is 5.73 Å². The Morgan fingerprint density at radius 3 is 2.52 bits per heavy atom. The molecular weight excluding hydrogens is 314 g/mol. The van der Waals surface area contributed by atoms with Gasteiger partial charge in [-0.2, -0.15) is 4.98 Å². The van der Waals surface area contributed by atoms with Gasteiger partial charge in [0.15, 0.2) is 5.82 Å². The summed E-state index contributed by atoms with van der Waals surface area (Å²) < 4.78 is 11.2. The number of hydrogen-bond acceptors (Lipinski definition) is 5. The van der Waals surface area contributed by atoms with Gasteiger partial charge in [-0.05, 0) is 50.5 Å². The maximum absolute atomic E-state index is 6.36. The molecule has 0 radical (unpaired) electrons. The van der Waals surface area contributed by atoms with E-state index in [9.17, 15) is 0 Å². The number of halogens is 1. The molecule has 2 aromatic rings. The molecular formula is C17H24ClN3O2. The van der Waals surface area contributed by atoms with Crippen LogP contribution in [0.3, 0.4) is 0 Å². The van der Waals surface area contributed by atoms with Gasteiger partial charge in [-0.3, -0.25) is 0 Å². The minimum Gasteiger partial charge on any atom is -0.491 e. The van der Waals surface area contributed by atoms with Crippen molar-refractivity contribution in [3.8, 4) is 17.2 Å². The predicted octanol–water partition coefficient (Wildman–Crippen LogP) is 4.06. The van der Waals surface area contributed by atoms with Crippen molar-refractivity contribution in [3.05, 3.63) is 30.1 Å². The standard InChI is InChI=1S/C17H23N3O2.ClH/c1-3-12(2)21-14-8-6-13(7-9-14)15-19-16(20-22-15)17(18)10-4-5-11-17;/h6-9,12H,3-5,10-11,18H2,1-2H3;1H. The van der Waals surface area contributed by atoms with Crippen molar-refractivity contribution in [1.82, 2.24) is 10.1 Å². The molecule has 6 heteroatoms. The molecule has 5 nitrogen and oxygen atoms in total. The van der Waals surface area contributed by atoms with Crippen molar-refractivity contribution in [1.29, 1.82) is 0 Å². The minimum absolute atomic E-state index is 0. The molecule has 126 valence electrons. The fraction of sp³-hybridized carbons (Fsp3) is 0.529. The fourth-order valence-corrected chi connectivity index (χ4v) is 2.76. The second-order valence-corrected chi connectivity index (χ2v) is 6.15. The van der Waals surface area contributed by atoms with Crippen molar-refractivity contribution in [3.63, 3.8) is 0 Å². The summed E-state index contributed by atoms with van der Waals surface area (Å²) in [5, 5.41) is 4.09. The summed E-state index contributed by atoms with van der Waals surface area (Å²) in [4.78, 5) is 4.50. The summed E-state index contributed by atoms with van der Waals surface area (Å²) in [7, 11) is 0. The normalized spacial score (nSPS) is 17.5.